The number of fused-ring (bicyclic) bond motifs is 1. The molecule has 0 aliphatic carbocycles. The number of rotatable bonds is 11. The van der Waals surface area contributed by atoms with E-state index >= 15 is 0 Å². The summed E-state index contributed by atoms with van der Waals surface area (Å²) < 4.78 is 37.1. The molecule has 36 heavy (non-hydrogen) atoms. The second-order valence-corrected chi connectivity index (χ2v) is 11.0. The molecule has 12 heteroatoms. The molecule has 196 valence electrons. The van der Waals surface area contributed by atoms with E-state index in [1.54, 1.807) is 31.2 Å². The lowest BCUT2D eigenvalue weighted by Crippen LogP contribution is -2.52. The Morgan fingerprint density at radius 1 is 1.06 bits per heavy atom. The van der Waals surface area contributed by atoms with Gasteiger partial charge in [-0.3, -0.25) is 13.9 Å². The van der Waals surface area contributed by atoms with E-state index in [2.05, 4.69) is 5.32 Å². The molecule has 2 amide bonds. The molecular weight excluding hydrogens is 529 g/mol. The molecule has 3 rings (SSSR count). The second-order valence-electron chi connectivity index (χ2n) is 8.29. The van der Waals surface area contributed by atoms with Gasteiger partial charge in [-0.25, -0.2) is 8.42 Å². The number of amides is 2. The van der Waals surface area contributed by atoms with Gasteiger partial charge in [0.25, 0.3) is 0 Å². The van der Waals surface area contributed by atoms with Crippen molar-refractivity contribution in [2.45, 2.75) is 39.3 Å². The minimum atomic E-state index is -3.87. The van der Waals surface area contributed by atoms with Crippen molar-refractivity contribution in [3.8, 4) is 11.5 Å². The number of halogens is 2. The highest BCUT2D eigenvalue weighted by molar-refractivity contribution is 7.92. The maximum atomic E-state index is 13.7. The molecule has 1 aliphatic heterocycles. The van der Waals surface area contributed by atoms with Crippen LogP contribution < -0.4 is 19.1 Å². The summed E-state index contributed by atoms with van der Waals surface area (Å²) in [5.41, 5.74) is 0.890. The van der Waals surface area contributed by atoms with Crippen LogP contribution in [0.2, 0.25) is 10.0 Å². The number of sulfonamides is 1. The van der Waals surface area contributed by atoms with E-state index in [4.69, 9.17) is 32.7 Å². The summed E-state index contributed by atoms with van der Waals surface area (Å²) >= 11 is 12.2. The summed E-state index contributed by atoms with van der Waals surface area (Å²) in [6.07, 6.45) is 2.07. The van der Waals surface area contributed by atoms with Gasteiger partial charge in [-0.05, 0) is 42.7 Å². The molecule has 2 aromatic rings. The van der Waals surface area contributed by atoms with Gasteiger partial charge >= 0.3 is 0 Å². The zero-order valence-electron chi connectivity index (χ0n) is 20.3. The number of benzene rings is 2. The van der Waals surface area contributed by atoms with Crippen LogP contribution in [0.15, 0.2) is 36.4 Å². The van der Waals surface area contributed by atoms with Gasteiger partial charge in [-0.2, -0.15) is 0 Å². The molecule has 0 spiro atoms. The van der Waals surface area contributed by atoms with E-state index in [1.165, 1.54) is 17.0 Å². The van der Waals surface area contributed by atoms with Crippen LogP contribution in [-0.4, -0.2) is 57.3 Å². The van der Waals surface area contributed by atoms with Gasteiger partial charge in [0.2, 0.25) is 28.6 Å². The normalized spacial score (nSPS) is 13.2. The summed E-state index contributed by atoms with van der Waals surface area (Å²) in [5.74, 6) is -0.00513. The Balaban J connectivity index is 1.95. The van der Waals surface area contributed by atoms with Gasteiger partial charge in [0.15, 0.2) is 11.5 Å². The van der Waals surface area contributed by atoms with Gasteiger partial charge in [-0.1, -0.05) is 43.1 Å². The molecule has 0 aromatic heterocycles. The van der Waals surface area contributed by atoms with Gasteiger partial charge in [-0.15, -0.1) is 0 Å². The van der Waals surface area contributed by atoms with Gasteiger partial charge in [0.05, 0.1) is 22.0 Å². The summed E-state index contributed by atoms with van der Waals surface area (Å²) in [5, 5.41) is 3.49. The Bertz CT molecular complexity index is 1220. The molecule has 1 heterocycles. The average molecular weight is 558 g/mol. The smallest absolute Gasteiger partial charge is 0.244 e. The van der Waals surface area contributed by atoms with E-state index in [0.29, 0.717) is 40.1 Å². The number of ether oxygens (including phenoxy) is 2. The first kappa shape index (κ1) is 27.9. The Morgan fingerprint density at radius 3 is 2.42 bits per heavy atom. The fourth-order valence-electron chi connectivity index (χ4n) is 3.77. The summed E-state index contributed by atoms with van der Waals surface area (Å²) in [7, 11) is -3.87. The van der Waals surface area contributed by atoms with Crippen LogP contribution in [0.5, 0.6) is 11.5 Å². The second kappa shape index (κ2) is 12.0. The van der Waals surface area contributed by atoms with E-state index in [0.717, 1.165) is 17.0 Å². The Hall–Kier alpha value is -2.69. The minimum absolute atomic E-state index is 0.0269. The van der Waals surface area contributed by atoms with Crippen LogP contribution in [0.3, 0.4) is 0 Å². The monoisotopic (exact) mass is 557 g/mol. The van der Waals surface area contributed by atoms with Crippen molar-refractivity contribution in [3.05, 3.63) is 52.0 Å². The summed E-state index contributed by atoms with van der Waals surface area (Å²) in [6.45, 7) is 3.71. The predicted molar refractivity (Wildman–Crippen MR) is 139 cm³/mol. The SMILES string of the molecule is CCCNC(=O)[C@@H](CC)N(Cc1ccc(Cl)c(Cl)c1)C(=O)CN(c1ccc2c(c1)OCO2)S(C)(=O)=O. The van der Waals surface area contributed by atoms with Crippen LogP contribution in [-0.2, 0) is 26.2 Å². The Labute approximate surface area is 221 Å². The first-order valence-corrected chi connectivity index (χ1v) is 14.0. The first-order valence-electron chi connectivity index (χ1n) is 11.4. The highest BCUT2D eigenvalue weighted by Crippen LogP contribution is 2.36. The topological polar surface area (TPSA) is 105 Å². The molecule has 0 saturated carbocycles. The molecule has 0 fully saturated rings. The van der Waals surface area contributed by atoms with Crippen molar-refractivity contribution in [3.63, 3.8) is 0 Å². The van der Waals surface area contributed by atoms with Crippen molar-refractivity contribution in [2.24, 2.45) is 0 Å². The molecule has 0 unspecified atom stereocenters. The van der Waals surface area contributed by atoms with E-state index in [1.807, 2.05) is 6.92 Å². The van der Waals surface area contributed by atoms with Crippen LogP contribution in [0.1, 0.15) is 32.3 Å². The number of carbonyl (C=O) groups is 2. The maximum absolute atomic E-state index is 13.7. The van der Waals surface area contributed by atoms with E-state index < -0.39 is 28.5 Å². The number of nitrogens with one attached hydrogen (secondary N) is 1. The summed E-state index contributed by atoms with van der Waals surface area (Å²) in [6, 6.07) is 8.74. The number of anilines is 1. The zero-order chi connectivity index (χ0) is 26.5. The van der Waals surface area contributed by atoms with Gasteiger partial charge < -0.3 is 19.7 Å². The molecule has 2 aromatic carbocycles. The van der Waals surface area contributed by atoms with Crippen LogP contribution in [0.4, 0.5) is 5.69 Å². The third kappa shape index (κ3) is 6.74. The molecular formula is C24H29Cl2N3O6S. The van der Waals surface area contributed by atoms with Crippen molar-refractivity contribution in [1.29, 1.82) is 0 Å². The third-order valence-electron chi connectivity index (χ3n) is 5.60. The third-order valence-corrected chi connectivity index (χ3v) is 7.48. The van der Waals surface area contributed by atoms with Crippen molar-refractivity contribution < 1.29 is 27.5 Å². The number of nitrogens with zero attached hydrogens (tertiary/aromatic N) is 2. The van der Waals surface area contributed by atoms with Gasteiger partial charge in [0, 0.05) is 19.2 Å². The van der Waals surface area contributed by atoms with Crippen LogP contribution >= 0.6 is 23.2 Å². The molecule has 0 saturated heterocycles. The fourth-order valence-corrected chi connectivity index (χ4v) is 4.94. The molecule has 9 nitrogen and oxygen atoms in total. The van der Waals surface area contributed by atoms with Crippen LogP contribution in [0, 0.1) is 0 Å². The lowest BCUT2D eigenvalue weighted by Gasteiger charge is -2.33. The molecule has 1 atom stereocenters. The highest BCUT2D eigenvalue weighted by atomic mass is 35.5. The molecule has 0 radical (unpaired) electrons. The van der Waals surface area contributed by atoms with Crippen LogP contribution in [0.25, 0.3) is 0 Å². The largest absolute Gasteiger partial charge is 0.454 e. The zero-order valence-corrected chi connectivity index (χ0v) is 22.6. The number of hydrogen-bond donors (Lipinski definition) is 1. The predicted octanol–water partition coefficient (Wildman–Crippen LogP) is 3.82. The van der Waals surface area contributed by atoms with E-state index in [-0.39, 0.29) is 24.9 Å². The Kier molecular flexibility index (Phi) is 9.32. The highest BCUT2D eigenvalue weighted by Gasteiger charge is 2.32. The summed E-state index contributed by atoms with van der Waals surface area (Å²) in [4.78, 5) is 28.0. The van der Waals surface area contributed by atoms with Crippen molar-refractivity contribution in [2.75, 3.05) is 30.4 Å². The quantitative estimate of drug-likeness (QED) is 0.450. The number of hydrogen-bond acceptors (Lipinski definition) is 6. The Morgan fingerprint density at radius 2 is 1.78 bits per heavy atom. The van der Waals surface area contributed by atoms with Crippen molar-refractivity contribution >= 4 is 50.7 Å². The van der Waals surface area contributed by atoms with E-state index in [9.17, 15) is 18.0 Å². The van der Waals surface area contributed by atoms with Crippen molar-refractivity contribution in [1.82, 2.24) is 10.2 Å². The van der Waals surface area contributed by atoms with Gasteiger partial charge in [0.1, 0.15) is 12.6 Å². The lowest BCUT2D eigenvalue weighted by atomic mass is 10.1. The fraction of sp³-hybridized carbons (Fsp3) is 0.417. The number of carbonyl (C=O) groups excluding carboxylic acids is 2. The minimum Gasteiger partial charge on any atom is -0.454 e. The molecule has 1 N–H and O–H groups in total. The average Bonchev–Trinajstić information content (AvgIpc) is 3.30. The lowest BCUT2D eigenvalue weighted by molar-refractivity contribution is -0.140. The molecule has 0 bridgehead atoms. The standard InChI is InChI=1S/C24H29Cl2N3O6S/c1-4-10-27-24(31)20(5-2)28(13-16-6-8-18(25)19(26)11-16)23(30)14-29(36(3,32)33)17-7-9-21-22(12-17)35-15-34-21/h6-9,11-12,20H,4-5,10,13-15H2,1-3H3,(H,27,31)/t20-/m1/s1. The molecule has 1 aliphatic rings. The first-order chi connectivity index (χ1) is 17.0. The maximum Gasteiger partial charge on any atom is 0.244 e.